The van der Waals surface area contributed by atoms with Gasteiger partial charge in [0.15, 0.2) is 5.78 Å². The average molecular weight is 188 g/mol. The summed E-state index contributed by atoms with van der Waals surface area (Å²) in [6.45, 7) is 8.61. The van der Waals surface area contributed by atoms with Gasteiger partial charge < -0.3 is 9.47 Å². The molecule has 0 spiro atoms. The van der Waals surface area contributed by atoms with E-state index in [1.807, 2.05) is 27.7 Å². The zero-order chi connectivity index (χ0) is 10.3. The number of hydrogen-bond acceptors (Lipinski definition) is 3. The molecule has 0 bridgehead atoms. The number of carbonyl (C=O) groups excluding carboxylic acids is 1. The van der Waals surface area contributed by atoms with E-state index in [0.717, 1.165) is 6.42 Å². The highest BCUT2D eigenvalue weighted by molar-refractivity contribution is 5.83. The van der Waals surface area contributed by atoms with E-state index >= 15 is 0 Å². The Balaban J connectivity index is 4.09. The zero-order valence-electron chi connectivity index (χ0n) is 9.00. The van der Waals surface area contributed by atoms with Crippen LogP contribution in [0.3, 0.4) is 0 Å². The molecule has 0 aromatic rings. The van der Waals surface area contributed by atoms with Crippen molar-refractivity contribution in [2.75, 3.05) is 13.2 Å². The Morgan fingerprint density at radius 3 is 1.92 bits per heavy atom. The van der Waals surface area contributed by atoms with Gasteiger partial charge in [-0.15, -0.1) is 0 Å². The molecule has 3 nitrogen and oxygen atoms in total. The molecule has 0 aliphatic carbocycles. The molecule has 0 rings (SSSR count). The maximum Gasteiger partial charge on any atom is 0.218 e. The summed E-state index contributed by atoms with van der Waals surface area (Å²) in [4.78, 5) is 11.6. The van der Waals surface area contributed by atoms with Gasteiger partial charge in [-0.1, -0.05) is 13.8 Å². The van der Waals surface area contributed by atoms with Gasteiger partial charge in [0.2, 0.25) is 6.29 Å². The molecule has 0 unspecified atom stereocenters. The summed E-state index contributed by atoms with van der Waals surface area (Å²) in [5, 5.41) is 0. The molecule has 0 aliphatic heterocycles. The van der Waals surface area contributed by atoms with Crippen LogP contribution in [0.15, 0.2) is 0 Å². The number of rotatable bonds is 7. The number of hydrogen-bond donors (Lipinski definition) is 0. The van der Waals surface area contributed by atoms with Gasteiger partial charge in [-0.25, -0.2) is 0 Å². The Hall–Kier alpha value is -0.410. The van der Waals surface area contributed by atoms with Gasteiger partial charge in [0.25, 0.3) is 0 Å². The molecule has 0 saturated carbocycles. The van der Waals surface area contributed by atoms with Crippen molar-refractivity contribution in [2.24, 2.45) is 5.92 Å². The Bertz CT molecular complexity index is 139. The lowest BCUT2D eigenvalue weighted by atomic mass is 10.0. The van der Waals surface area contributed by atoms with Crippen LogP contribution in [0.5, 0.6) is 0 Å². The molecule has 0 aromatic carbocycles. The summed E-state index contributed by atoms with van der Waals surface area (Å²) < 4.78 is 10.4. The third-order valence-corrected chi connectivity index (χ3v) is 1.97. The third-order valence-electron chi connectivity index (χ3n) is 1.97. The van der Waals surface area contributed by atoms with Gasteiger partial charge in [-0.05, 0) is 20.3 Å². The lowest BCUT2D eigenvalue weighted by molar-refractivity contribution is -0.171. The van der Waals surface area contributed by atoms with Crippen molar-refractivity contribution in [3.8, 4) is 0 Å². The maximum atomic E-state index is 11.6. The summed E-state index contributed by atoms with van der Waals surface area (Å²) in [6.07, 6.45) is 0.167. The Morgan fingerprint density at radius 1 is 1.15 bits per heavy atom. The minimum Gasteiger partial charge on any atom is -0.346 e. The standard InChI is InChI=1S/C10H20O3/c1-5-8(4)9(11)10(12-6-2)13-7-3/h8,10H,5-7H2,1-4H3/t8-/m0/s1. The zero-order valence-corrected chi connectivity index (χ0v) is 9.00. The molecule has 78 valence electrons. The lowest BCUT2D eigenvalue weighted by Crippen LogP contribution is -2.31. The molecule has 0 N–H and O–H groups in total. The Kier molecular flexibility index (Phi) is 6.82. The van der Waals surface area contributed by atoms with Gasteiger partial charge >= 0.3 is 0 Å². The van der Waals surface area contributed by atoms with Crippen molar-refractivity contribution in [1.82, 2.24) is 0 Å². The molecule has 0 aliphatic rings. The summed E-state index contributed by atoms with van der Waals surface area (Å²) in [5.74, 6) is 0.0642. The molecule has 3 heteroatoms. The van der Waals surface area contributed by atoms with Crippen molar-refractivity contribution < 1.29 is 14.3 Å². The van der Waals surface area contributed by atoms with Crippen molar-refractivity contribution in [3.63, 3.8) is 0 Å². The summed E-state index contributed by atoms with van der Waals surface area (Å²) >= 11 is 0. The molecule has 0 amide bonds. The van der Waals surface area contributed by atoms with E-state index in [1.165, 1.54) is 0 Å². The van der Waals surface area contributed by atoms with E-state index in [0.29, 0.717) is 13.2 Å². The first kappa shape index (κ1) is 12.6. The molecule has 1 atom stereocenters. The lowest BCUT2D eigenvalue weighted by Gasteiger charge is -2.18. The second-order valence-corrected chi connectivity index (χ2v) is 2.95. The van der Waals surface area contributed by atoms with Crippen molar-refractivity contribution in [3.05, 3.63) is 0 Å². The topological polar surface area (TPSA) is 35.5 Å². The molecule has 0 fully saturated rings. The van der Waals surface area contributed by atoms with E-state index in [1.54, 1.807) is 0 Å². The second kappa shape index (κ2) is 7.04. The van der Waals surface area contributed by atoms with Crippen LogP contribution < -0.4 is 0 Å². The van der Waals surface area contributed by atoms with Gasteiger partial charge in [-0.3, -0.25) is 4.79 Å². The number of ketones is 1. The smallest absolute Gasteiger partial charge is 0.218 e. The van der Waals surface area contributed by atoms with Gasteiger partial charge in [0.1, 0.15) is 0 Å². The Morgan fingerprint density at radius 2 is 1.62 bits per heavy atom. The highest BCUT2D eigenvalue weighted by atomic mass is 16.7. The summed E-state index contributed by atoms with van der Waals surface area (Å²) in [7, 11) is 0. The monoisotopic (exact) mass is 188 g/mol. The van der Waals surface area contributed by atoms with Crippen LogP contribution in [0.4, 0.5) is 0 Å². The van der Waals surface area contributed by atoms with Crippen LogP contribution >= 0.6 is 0 Å². The predicted molar refractivity (Wildman–Crippen MR) is 51.5 cm³/mol. The van der Waals surface area contributed by atoms with Gasteiger partial charge in [-0.2, -0.15) is 0 Å². The largest absolute Gasteiger partial charge is 0.346 e. The number of carbonyl (C=O) groups is 1. The van der Waals surface area contributed by atoms with E-state index < -0.39 is 6.29 Å². The first-order chi connectivity index (χ1) is 6.17. The van der Waals surface area contributed by atoms with Crippen molar-refractivity contribution in [1.29, 1.82) is 0 Å². The first-order valence-electron chi connectivity index (χ1n) is 4.94. The van der Waals surface area contributed by atoms with E-state index in [2.05, 4.69) is 0 Å². The van der Waals surface area contributed by atoms with Crippen molar-refractivity contribution >= 4 is 5.78 Å². The van der Waals surface area contributed by atoms with E-state index in [4.69, 9.17) is 9.47 Å². The van der Waals surface area contributed by atoms with Crippen LogP contribution in [-0.4, -0.2) is 25.3 Å². The molecule has 0 radical (unpaired) electrons. The fourth-order valence-corrected chi connectivity index (χ4v) is 0.949. The maximum absolute atomic E-state index is 11.6. The fourth-order valence-electron chi connectivity index (χ4n) is 0.949. The van der Waals surface area contributed by atoms with Gasteiger partial charge in [0, 0.05) is 19.1 Å². The predicted octanol–water partition coefficient (Wildman–Crippen LogP) is 2.00. The van der Waals surface area contributed by atoms with E-state index in [-0.39, 0.29) is 11.7 Å². The molecule has 13 heavy (non-hydrogen) atoms. The summed E-state index contributed by atoms with van der Waals surface area (Å²) in [6, 6.07) is 0. The van der Waals surface area contributed by atoms with Crippen LogP contribution in [-0.2, 0) is 14.3 Å². The van der Waals surface area contributed by atoms with E-state index in [9.17, 15) is 4.79 Å². The molecule has 0 heterocycles. The second-order valence-electron chi connectivity index (χ2n) is 2.95. The van der Waals surface area contributed by atoms with Crippen LogP contribution in [0.1, 0.15) is 34.1 Å². The highest BCUT2D eigenvalue weighted by Gasteiger charge is 2.23. The molecular weight excluding hydrogens is 168 g/mol. The average Bonchev–Trinajstić information content (AvgIpc) is 2.15. The normalized spacial score (nSPS) is 13.3. The number of ether oxygens (including phenoxy) is 2. The number of Topliss-reactive ketones (excluding diaryl/α,β-unsaturated/α-hetero) is 1. The van der Waals surface area contributed by atoms with Gasteiger partial charge in [0.05, 0.1) is 0 Å². The summed E-state index contributed by atoms with van der Waals surface area (Å²) in [5.41, 5.74) is 0. The fraction of sp³-hybridized carbons (Fsp3) is 0.900. The minimum atomic E-state index is -0.662. The van der Waals surface area contributed by atoms with Crippen LogP contribution in [0.2, 0.25) is 0 Å². The molecule has 0 saturated heterocycles. The SMILES string of the molecule is CCOC(OCC)C(=O)[C@@H](C)CC. The van der Waals surface area contributed by atoms with Crippen LogP contribution in [0, 0.1) is 5.92 Å². The van der Waals surface area contributed by atoms with Crippen LogP contribution in [0.25, 0.3) is 0 Å². The first-order valence-corrected chi connectivity index (χ1v) is 4.94. The molecule has 0 aromatic heterocycles. The Labute approximate surface area is 80.4 Å². The molecular formula is C10H20O3. The minimum absolute atomic E-state index is 0.0168. The quantitative estimate of drug-likeness (QED) is 0.573. The highest BCUT2D eigenvalue weighted by Crippen LogP contribution is 2.09. The third kappa shape index (κ3) is 4.39. The van der Waals surface area contributed by atoms with Crippen molar-refractivity contribution in [2.45, 2.75) is 40.4 Å².